The van der Waals surface area contributed by atoms with E-state index < -0.39 is 21.3 Å². The van der Waals surface area contributed by atoms with Crippen molar-refractivity contribution in [3.8, 4) is 0 Å². The lowest BCUT2D eigenvalue weighted by Gasteiger charge is -2.05. The molecule has 0 aliphatic carbocycles. The van der Waals surface area contributed by atoms with E-state index in [1.165, 1.54) is 19.1 Å². The minimum absolute atomic E-state index is 0.0605. The van der Waals surface area contributed by atoms with E-state index in [1.54, 1.807) is 19.1 Å². The molecule has 0 spiro atoms. The first kappa shape index (κ1) is 13.3. The lowest BCUT2D eigenvalue weighted by molar-refractivity contribution is 0.436. The van der Waals surface area contributed by atoms with E-state index in [0.29, 0.717) is 0 Å². The Morgan fingerprint density at radius 1 is 1.05 bits per heavy atom. The summed E-state index contributed by atoms with van der Waals surface area (Å²) in [6, 6.07) is 6.77. The molecule has 2 rings (SSSR count). The van der Waals surface area contributed by atoms with Gasteiger partial charge in [-0.15, -0.1) is 3.97 Å². The molecule has 0 saturated carbocycles. The first-order chi connectivity index (χ1) is 8.82. The molecule has 0 saturated heterocycles. The maximum Gasteiger partial charge on any atom is 0.436 e. The Labute approximate surface area is 109 Å². The highest BCUT2D eigenvalue weighted by Crippen LogP contribution is 2.11. The van der Waals surface area contributed by atoms with E-state index in [-0.39, 0.29) is 14.6 Å². The highest BCUT2D eigenvalue weighted by atomic mass is 32.2. The second-order valence-corrected chi connectivity index (χ2v) is 5.83. The van der Waals surface area contributed by atoms with Crippen LogP contribution in [0.25, 0.3) is 0 Å². The average Bonchev–Trinajstić information content (AvgIpc) is 2.27. The fraction of sp³-hybridized carbons (Fsp3) is 0.167. The SMILES string of the molecule is Cc1ccc(S(=O)(=O)n2c(=O)cc(C)oc2=O)cc1. The molecular weight excluding hydrogens is 270 g/mol. The van der Waals surface area contributed by atoms with Crippen molar-refractivity contribution in [2.45, 2.75) is 18.7 Å². The zero-order valence-corrected chi connectivity index (χ0v) is 11.1. The van der Waals surface area contributed by atoms with Crippen LogP contribution in [0.15, 0.2) is 49.2 Å². The van der Waals surface area contributed by atoms with Gasteiger partial charge in [0.2, 0.25) is 0 Å². The number of hydrogen-bond acceptors (Lipinski definition) is 5. The van der Waals surface area contributed by atoms with Crippen molar-refractivity contribution in [1.82, 2.24) is 3.97 Å². The molecule has 7 heteroatoms. The van der Waals surface area contributed by atoms with Crippen molar-refractivity contribution in [3.63, 3.8) is 0 Å². The molecule has 100 valence electrons. The number of benzene rings is 1. The van der Waals surface area contributed by atoms with Crippen LogP contribution >= 0.6 is 0 Å². The Bertz CT molecular complexity index is 796. The number of aryl methyl sites for hydroxylation is 2. The predicted molar refractivity (Wildman–Crippen MR) is 67.7 cm³/mol. The summed E-state index contributed by atoms with van der Waals surface area (Å²) in [4.78, 5) is 23.1. The van der Waals surface area contributed by atoms with Gasteiger partial charge >= 0.3 is 5.76 Å². The highest BCUT2D eigenvalue weighted by Gasteiger charge is 2.22. The van der Waals surface area contributed by atoms with Gasteiger partial charge in [0.1, 0.15) is 5.76 Å². The molecule has 0 bridgehead atoms. The van der Waals surface area contributed by atoms with E-state index in [2.05, 4.69) is 4.42 Å². The van der Waals surface area contributed by atoms with Gasteiger partial charge in [0.25, 0.3) is 15.6 Å². The summed E-state index contributed by atoms with van der Waals surface area (Å²) in [7, 11) is -4.24. The largest absolute Gasteiger partial charge is 0.436 e. The van der Waals surface area contributed by atoms with Crippen LogP contribution in [-0.2, 0) is 10.0 Å². The molecule has 19 heavy (non-hydrogen) atoms. The third-order valence-corrected chi connectivity index (χ3v) is 4.18. The van der Waals surface area contributed by atoms with Crippen molar-refractivity contribution >= 4 is 10.0 Å². The molecule has 0 amide bonds. The maximum absolute atomic E-state index is 12.2. The summed E-state index contributed by atoms with van der Waals surface area (Å²) >= 11 is 0. The van der Waals surface area contributed by atoms with Crippen molar-refractivity contribution in [2.24, 2.45) is 0 Å². The van der Waals surface area contributed by atoms with Crippen LogP contribution in [0.1, 0.15) is 11.3 Å². The van der Waals surface area contributed by atoms with Crippen molar-refractivity contribution in [1.29, 1.82) is 0 Å². The van der Waals surface area contributed by atoms with E-state index in [0.717, 1.165) is 11.6 Å². The molecule has 0 fully saturated rings. The molecule has 2 aromatic rings. The van der Waals surface area contributed by atoms with Crippen molar-refractivity contribution in [2.75, 3.05) is 0 Å². The predicted octanol–water partition coefficient (Wildman–Crippen LogP) is 0.655. The van der Waals surface area contributed by atoms with Gasteiger partial charge in [-0.3, -0.25) is 4.79 Å². The first-order valence-corrected chi connectivity index (χ1v) is 6.82. The number of hydrogen-bond donors (Lipinski definition) is 0. The van der Waals surface area contributed by atoms with E-state index >= 15 is 0 Å². The van der Waals surface area contributed by atoms with E-state index in [1.807, 2.05) is 0 Å². The van der Waals surface area contributed by atoms with Crippen LogP contribution in [0.4, 0.5) is 0 Å². The molecular formula is C12H11NO5S. The average molecular weight is 281 g/mol. The van der Waals surface area contributed by atoms with Crippen LogP contribution in [-0.4, -0.2) is 12.4 Å². The summed E-state index contributed by atoms with van der Waals surface area (Å²) in [5.41, 5.74) is -0.0726. The Kier molecular flexibility index (Phi) is 3.15. The molecule has 6 nitrogen and oxygen atoms in total. The van der Waals surface area contributed by atoms with Crippen LogP contribution in [0.3, 0.4) is 0 Å². The first-order valence-electron chi connectivity index (χ1n) is 5.38. The molecule has 1 aromatic carbocycles. The molecule has 1 aromatic heterocycles. The minimum Gasteiger partial charge on any atom is -0.414 e. The number of rotatable bonds is 2. The lowest BCUT2D eigenvalue weighted by atomic mass is 10.2. The van der Waals surface area contributed by atoms with Crippen LogP contribution in [0.2, 0.25) is 0 Å². The van der Waals surface area contributed by atoms with Crippen molar-refractivity contribution in [3.05, 3.63) is 62.6 Å². The second kappa shape index (κ2) is 4.51. The van der Waals surface area contributed by atoms with E-state index in [9.17, 15) is 18.0 Å². The maximum atomic E-state index is 12.2. The smallest absolute Gasteiger partial charge is 0.414 e. The number of nitrogens with zero attached hydrogens (tertiary/aromatic N) is 1. The molecule has 1 heterocycles. The summed E-state index contributed by atoms with van der Waals surface area (Å²) in [6.45, 7) is 3.19. The van der Waals surface area contributed by atoms with Crippen LogP contribution in [0.5, 0.6) is 0 Å². The van der Waals surface area contributed by atoms with Gasteiger partial charge in [-0.25, -0.2) is 13.2 Å². The Hall–Kier alpha value is -2.15. The molecule has 0 atom stereocenters. The fourth-order valence-corrected chi connectivity index (χ4v) is 2.78. The summed E-state index contributed by atoms with van der Waals surface area (Å²) in [5, 5.41) is 0. The third kappa shape index (κ3) is 2.37. The molecule has 0 aliphatic heterocycles. The van der Waals surface area contributed by atoms with E-state index in [4.69, 9.17) is 0 Å². The number of aromatic nitrogens is 1. The topological polar surface area (TPSA) is 86.3 Å². The minimum atomic E-state index is -4.24. The highest BCUT2D eigenvalue weighted by molar-refractivity contribution is 7.89. The summed E-state index contributed by atoms with van der Waals surface area (Å²) < 4.78 is 29.2. The van der Waals surface area contributed by atoms with Crippen molar-refractivity contribution < 1.29 is 12.8 Å². The Morgan fingerprint density at radius 3 is 2.16 bits per heavy atom. The van der Waals surface area contributed by atoms with Crippen LogP contribution < -0.4 is 11.3 Å². The zero-order chi connectivity index (χ0) is 14.2. The third-order valence-electron chi connectivity index (χ3n) is 2.50. The van der Waals surface area contributed by atoms with Gasteiger partial charge < -0.3 is 4.42 Å². The lowest BCUT2D eigenvalue weighted by Crippen LogP contribution is -2.37. The Morgan fingerprint density at radius 2 is 1.63 bits per heavy atom. The molecule has 0 unspecified atom stereocenters. The summed E-state index contributed by atoms with van der Waals surface area (Å²) in [6.07, 6.45) is 0. The zero-order valence-electron chi connectivity index (χ0n) is 10.3. The van der Waals surface area contributed by atoms with Gasteiger partial charge in [-0.05, 0) is 26.0 Å². The molecule has 0 radical (unpaired) electrons. The monoisotopic (exact) mass is 281 g/mol. The van der Waals surface area contributed by atoms with Gasteiger partial charge in [0.05, 0.1) is 4.90 Å². The van der Waals surface area contributed by atoms with Gasteiger partial charge in [0.15, 0.2) is 0 Å². The molecule has 0 N–H and O–H groups in total. The van der Waals surface area contributed by atoms with Crippen LogP contribution in [0, 0.1) is 13.8 Å². The van der Waals surface area contributed by atoms with Gasteiger partial charge in [0, 0.05) is 6.07 Å². The summed E-state index contributed by atoms with van der Waals surface area (Å²) in [5.74, 6) is -1.16. The quantitative estimate of drug-likeness (QED) is 0.807. The Balaban J connectivity index is 2.74. The normalized spacial score (nSPS) is 11.5. The fourth-order valence-electron chi connectivity index (χ4n) is 1.56. The molecule has 0 aliphatic rings. The van der Waals surface area contributed by atoms with Gasteiger partial charge in [-0.2, -0.15) is 0 Å². The van der Waals surface area contributed by atoms with Gasteiger partial charge in [-0.1, -0.05) is 17.7 Å². The second-order valence-electron chi connectivity index (χ2n) is 4.04. The standard InChI is InChI=1S/C12H11NO5S/c1-8-3-5-10(6-4-8)19(16,17)13-11(14)7-9(2)18-12(13)15/h3-7H,1-2H3.